The molecule has 1 saturated carbocycles. The molecule has 0 spiro atoms. The van der Waals surface area contributed by atoms with Gasteiger partial charge in [-0.25, -0.2) is 4.98 Å². The van der Waals surface area contributed by atoms with E-state index in [-0.39, 0.29) is 23.3 Å². The van der Waals surface area contributed by atoms with Crippen molar-refractivity contribution in [1.82, 2.24) is 9.88 Å². The summed E-state index contributed by atoms with van der Waals surface area (Å²) in [4.78, 5) is 34.6. The van der Waals surface area contributed by atoms with Crippen LogP contribution in [0.5, 0.6) is 0 Å². The van der Waals surface area contributed by atoms with Gasteiger partial charge in [-0.15, -0.1) is 0 Å². The largest absolute Gasteiger partial charge is 0.459 e. The van der Waals surface area contributed by atoms with Crippen molar-refractivity contribution < 1.29 is 14.0 Å². The fourth-order valence-electron chi connectivity index (χ4n) is 6.03. The highest BCUT2D eigenvalue weighted by Gasteiger charge is 2.48. The summed E-state index contributed by atoms with van der Waals surface area (Å²) < 4.78 is 5.43. The standard InChI is InChI=1S/C28H40N4O3/c1-21-9-10-24(30-20-21)32(25(33)23-8-7-19-35-23)22-11-16-31(17-12-22)18-15-28(13-5-4-6-14-28)27(2,3)26(29)34/h7-10,19-20,22H,4-6,11-18H2,1-3H3,(H2,29,34). The number of aromatic nitrogens is 1. The van der Waals surface area contributed by atoms with Gasteiger partial charge in [-0.2, -0.15) is 0 Å². The Bertz CT molecular complexity index is 986. The van der Waals surface area contributed by atoms with Gasteiger partial charge >= 0.3 is 0 Å². The normalized spacial score (nSPS) is 19.4. The summed E-state index contributed by atoms with van der Waals surface area (Å²) in [6, 6.07) is 7.42. The van der Waals surface area contributed by atoms with E-state index in [1.165, 1.54) is 25.5 Å². The van der Waals surface area contributed by atoms with Gasteiger partial charge in [0.15, 0.2) is 5.76 Å². The number of likely N-dealkylation sites (tertiary alicyclic amines) is 1. The van der Waals surface area contributed by atoms with E-state index in [1.54, 1.807) is 18.3 Å². The van der Waals surface area contributed by atoms with Crippen LogP contribution < -0.4 is 10.6 Å². The Labute approximate surface area is 209 Å². The van der Waals surface area contributed by atoms with Gasteiger partial charge < -0.3 is 15.1 Å². The zero-order valence-electron chi connectivity index (χ0n) is 21.5. The predicted octanol–water partition coefficient (Wildman–Crippen LogP) is 4.95. The molecule has 1 saturated heterocycles. The molecule has 0 radical (unpaired) electrons. The Morgan fingerprint density at radius 1 is 1.17 bits per heavy atom. The zero-order valence-corrected chi connectivity index (χ0v) is 21.5. The molecule has 3 heterocycles. The number of rotatable bonds is 8. The van der Waals surface area contributed by atoms with Crippen LogP contribution >= 0.6 is 0 Å². The molecule has 1 aliphatic heterocycles. The van der Waals surface area contributed by atoms with Crippen molar-refractivity contribution >= 4 is 17.6 Å². The third kappa shape index (κ3) is 5.30. The minimum Gasteiger partial charge on any atom is -0.459 e. The molecule has 0 unspecified atom stereocenters. The first-order chi connectivity index (χ1) is 16.7. The van der Waals surface area contributed by atoms with Crippen LogP contribution in [-0.4, -0.2) is 47.4 Å². The summed E-state index contributed by atoms with van der Waals surface area (Å²) in [6.07, 6.45) is 11.8. The smallest absolute Gasteiger partial charge is 0.295 e. The summed E-state index contributed by atoms with van der Waals surface area (Å²) in [5.74, 6) is 0.674. The number of carbonyl (C=O) groups excluding carboxylic acids is 2. The quantitative estimate of drug-likeness (QED) is 0.577. The van der Waals surface area contributed by atoms with Crippen LogP contribution in [0, 0.1) is 17.8 Å². The van der Waals surface area contributed by atoms with Crippen LogP contribution in [0.3, 0.4) is 0 Å². The van der Waals surface area contributed by atoms with E-state index in [1.807, 2.05) is 37.8 Å². The van der Waals surface area contributed by atoms with Gasteiger partial charge in [0, 0.05) is 30.7 Å². The molecule has 2 fully saturated rings. The van der Waals surface area contributed by atoms with Crippen LogP contribution in [0.2, 0.25) is 0 Å². The van der Waals surface area contributed by atoms with Crippen molar-refractivity contribution in [3.8, 4) is 0 Å². The maximum atomic E-state index is 13.4. The highest BCUT2D eigenvalue weighted by atomic mass is 16.3. The summed E-state index contributed by atoms with van der Waals surface area (Å²) in [7, 11) is 0. The molecule has 0 aromatic carbocycles. The lowest BCUT2D eigenvalue weighted by molar-refractivity contribution is -0.136. The molecule has 0 atom stereocenters. The van der Waals surface area contributed by atoms with Gasteiger partial charge in [0.05, 0.1) is 6.26 Å². The van der Waals surface area contributed by atoms with Crippen molar-refractivity contribution in [3.63, 3.8) is 0 Å². The summed E-state index contributed by atoms with van der Waals surface area (Å²) in [5, 5.41) is 0. The Balaban J connectivity index is 1.43. The molecule has 7 nitrogen and oxygen atoms in total. The van der Waals surface area contributed by atoms with Gasteiger partial charge in [-0.05, 0) is 74.8 Å². The van der Waals surface area contributed by atoms with E-state index < -0.39 is 5.41 Å². The summed E-state index contributed by atoms with van der Waals surface area (Å²) in [5.41, 5.74) is 6.40. The highest BCUT2D eigenvalue weighted by Crippen LogP contribution is 2.52. The number of furan rings is 1. The summed E-state index contributed by atoms with van der Waals surface area (Å²) >= 11 is 0. The molecule has 2 aromatic heterocycles. The van der Waals surface area contributed by atoms with Gasteiger partial charge in [-0.1, -0.05) is 39.2 Å². The first-order valence-corrected chi connectivity index (χ1v) is 13.1. The minimum absolute atomic E-state index is 0.0267. The molecule has 4 rings (SSSR count). The van der Waals surface area contributed by atoms with Gasteiger partial charge in [0.1, 0.15) is 5.82 Å². The molecule has 2 amide bonds. The Hall–Kier alpha value is -2.67. The van der Waals surface area contributed by atoms with E-state index in [0.717, 1.165) is 57.3 Å². The van der Waals surface area contributed by atoms with Crippen LogP contribution in [0.25, 0.3) is 0 Å². The van der Waals surface area contributed by atoms with E-state index in [4.69, 9.17) is 10.2 Å². The number of nitrogens with zero attached hydrogens (tertiary/aromatic N) is 3. The second kappa shape index (κ2) is 10.5. The number of amides is 2. The molecule has 1 aliphatic carbocycles. The molecule has 0 bridgehead atoms. The first kappa shape index (κ1) is 25.4. The van der Waals surface area contributed by atoms with E-state index in [2.05, 4.69) is 9.88 Å². The molecular weight excluding hydrogens is 440 g/mol. The molecule has 35 heavy (non-hydrogen) atoms. The van der Waals surface area contributed by atoms with Crippen molar-refractivity contribution in [1.29, 1.82) is 0 Å². The zero-order chi connectivity index (χ0) is 25.1. The third-order valence-electron chi connectivity index (χ3n) is 8.67. The Morgan fingerprint density at radius 3 is 2.46 bits per heavy atom. The number of hydrogen-bond donors (Lipinski definition) is 1. The van der Waals surface area contributed by atoms with Crippen LogP contribution in [0.4, 0.5) is 5.82 Å². The lowest BCUT2D eigenvalue weighted by Crippen LogP contribution is -2.51. The average molecular weight is 481 g/mol. The van der Waals surface area contributed by atoms with E-state index >= 15 is 0 Å². The molecule has 190 valence electrons. The SMILES string of the molecule is Cc1ccc(N(C(=O)c2ccco2)C2CCN(CCC3(C(C)(C)C(N)=O)CCCCC3)CC2)nc1. The number of hydrogen-bond acceptors (Lipinski definition) is 5. The van der Waals surface area contributed by atoms with Crippen LogP contribution in [0.1, 0.15) is 81.3 Å². The number of anilines is 1. The van der Waals surface area contributed by atoms with Gasteiger partial charge in [0.2, 0.25) is 5.91 Å². The lowest BCUT2D eigenvalue weighted by atomic mass is 9.56. The van der Waals surface area contributed by atoms with E-state index in [9.17, 15) is 9.59 Å². The lowest BCUT2D eigenvalue weighted by Gasteiger charge is -2.49. The molecule has 7 heteroatoms. The van der Waals surface area contributed by atoms with Gasteiger partial charge in [-0.3, -0.25) is 14.5 Å². The van der Waals surface area contributed by atoms with E-state index in [0.29, 0.717) is 11.6 Å². The average Bonchev–Trinajstić information content (AvgIpc) is 3.40. The van der Waals surface area contributed by atoms with Crippen LogP contribution in [0.15, 0.2) is 41.1 Å². The first-order valence-electron chi connectivity index (χ1n) is 13.1. The fraction of sp³-hybridized carbons (Fsp3) is 0.607. The Kier molecular flexibility index (Phi) is 7.64. The number of aryl methyl sites for hydroxylation is 1. The van der Waals surface area contributed by atoms with Crippen molar-refractivity contribution in [2.45, 2.75) is 78.2 Å². The predicted molar refractivity (Wildman–Crippen MR) is 137 cm³/mol. The van der Waals surface area contributed by atoms with Crippen LogP contribution in [-0.2, 0) is 4.79 Å². The van der Waals surface area contributed by atoms with Crippen molar-refractivity contribution in [2.75, 3.05) is 24.5 Å². The summed E-state index contributed by atoms with van der Waals surface area (Å²) in [6.45, 7) is 8.85. The molecule has 2 aromatic rings. The Morgan fingerprint density at radius 2 is 1.89 bits per heavy atom. The monoisotopic (exact) mass is 480 g/mol. The fourth-order valence-corrected chi connectivity index (χ4v) is 6.03. The second-order valence-electron chi connectivity index (χ2n) is 11.0. The third-order valence-corrected chi connectivity index (χ3v) is 8.67. The number of pyridine rings is 1. The number of piperidine rings is 1. The topological polar surface area (TPSA) is 92.7 Å². The molecule has 2 aliphatic rings. The molecular formula is C28H40N4O3. The number of primary amides is 1. The van der Waals surface area contributed by atoms with Crippen molar-refractivity contribution in [2.24, 2.45) is 16.6 Å². The molecule has 2 N–H and O–H groups in total. The van der Waals surface area contributed by atoms with Crippen molar-refractivity contribution in [3.05, 3.63) is 48.0 Å². The maximum absolute atomic E-state index is 13.4. The second-order valence-corrected chi connectivity index (χ2v) is 11.0. The maximum Gasteiger partial charge on any atom is 0.295 e. The number of nitrogens with two attached hydrogens (primary N) is 1. The minimum atomic E-state index is -0.505. The highest BCUT2D eigenvalue weighted by molar-refractivity contribution is 6.04. The van der Waals surface area contributed by atoms with Gasteiger partial charge in [0.25, 0.3) is 5.91 Å². The number of carbonyl (C=O) groups is 2.